The molecule has 96 valence electrons. The molecule has 0 radical (unpaired) electrons. The van der Waals surface area contributed by atoms with Gasteiger partial charge in [-0.1, -0.05) is 6.07 Å². The van der Waals surface area contributed by atoms with Crippen molar-refractivity contribution in [3.8, 4) is 10.7 Å². The fourth-order valence-corrected chi connectivity index (χ4v) is 2.34. The number of hydrogen-bond donors (Lipinski definition) is 1. The van der Waals surface area contributed by atoms with Gasteiger partial charge < -0.3 is 5.32 Å². The summed E-state index contributed by atoms with van der Waals surface area (Å²) >= 11 is 1.70. The fraction of sp³-hybridized carbons (Fsp3) is 0.429. The highest BCUT2D eigenvalue weighted by molar-refractivity contribution is 7.14. The number of pyridine rings is 1. The van der Waals surface area contributed by atoms with E-state index >= 15 is 0 Å². The molecule has 0 bridgehead atoms. The third kappa shape index (κ3) is 3.62. The normalized spacial score (nSPS) is 11.8. The van der Waals surface area contributed by atoms with Crippen molar-refractivity contribution >= 4 is 11.3 Å². The maximum Gasteiger partial charge on any atom is 0.142 e. The summed E-state index contributed by atoms with van der Waals surface area (Å²) in [7, 11) is 0. The lowest BCUT2D eigenvalue weighted by molar-refractivity contribution is 0.426. The van der Waals surface area contributed by atoms with Crippen molar-refractivity contribution in [2.45, 2.75) is 39.8 Å². The van der Waals surface area contributed by atoms with Crippen LogP contribution in [0.15, 0.2) is 24.4 Å². The Morgan fingerprint density at radius 3 is 2.72 bits per heavy atom. The molecule has 18 heavy (non-hydrogen) atoms. The molecule has 1 N–H and O–H groups in total. The van der Waals surface area contributed by atoms with Crippen LogP contribution in [0.25, 0.3) is 10.7 Å². The Balaban J connectivity index is 2.11. The smallest absolute Gasteiger partial charge is 0.142 e. The van der Waals surface area contributed by atoms with Gasteiger partial charge in [-0.3, -0.25) is 4.98 Å². The van der Waals surface area contributed by atoms with Gasteiger partial charge in [-0.2, -0.15) is 0 Å². The molecular weight excluding hydrogens is 242 g/mol. The van der Waals surface area contributed by atoms with E-state index in [0.29, 0.717) is 0 Å². The zero-order valence-electron chi connectivity index (χ0n) is 11.3. The number of nitrogens with one attached hydrogen (secondary N) is 1. The Kier molecular flexibility index (Phi) is 3.78. The quantitative estimate of drug-likeness (QED) is 0.920. The second kappa shape index (κ2) is 5.16. The second-order valence-corrected chi connectivity index (χ2v) is 6.51. The predicted octanol–water partition coefficient (Wildman–Crippen LogP) is 3.40. The van der Waals surface area contributed by atoms with Crippen molar-refractivity contribution in [1.82, 2.24) is 15.3 Å². The predicted molar refractivity (Wildman–Crippen MR) is 76.7 cm³/mol. The largest absolute Gasteiger partial charge is 0.307 e. The lowest BCUT2D eigenvalue weighted by atomic mass is 10.1. The minimum atomic E-state index is 0.131. The first-order valence-corrected chi connectivity index (χ1v) is 6.89. The highest BCUT2D eigenvalue weighted by atomic mass is 32.1. The van der Waals surface area contributed by atoms with Crippen LogP contribution >= 0.6 is 11.3 Å². The molecule has 2 rings (SSSR count). The number of thiazole rings is 1. The van der Waals surface area contributed by atoms with Crippen LogP contribution in [0.2, 0.25) is 0 Å². The van der Waals surface area contributed by atoms with Crippen LogP contribution in [0, 0.1) is 6.92 Å². The zero-order chi connectivity index (χ0) is 13.2. The SMILES string of the molecule is Cc1cccc(-c2ncc(CNC(C)(C)C)s2)n1. The van der Waals surface area contributed by atoms with Crippen molar-refractivity contribution < 1.29 is 0 Å². The molecule has 0 saturated carbocycles. The van der Waals surface area contributed by atoms with Crippen molar-refractivity contribution in [3.63, 3.8) is 0 Å². The minimum absolute atomic E-state index is 0.131. The number of aryl methyl sites for hydroxylation is 1. The van der Waals surface area contributed by atoms with Crippen LogP contribution in [0.5, 0.6) is 0 Å². The molecule has 0 atom stereocenters. The molecule has 0 aliphatic rings. The Morgan fingerprint density at radius 2 is 2.06 bits per heavy atom. The Hall–Kier alpha value is -1.26. The number of aromatic nitrogens is 2. The van der Waals surface area contributed by atoms with E-state index in [0.717, 1.165) is 22.9 Å². The summed E-state index contributed by atoms with van der Waals surface area (Å²) in [5.41, 5.74) is 2.12. The molecular formula is C14H19N3S. The summed E-state index contributed by atoms with van der Waals surface area (Å²) in [5, 5.41) is 4.45. The minimum Gasteiger partial charge on any atom is -0.307 e. The van der Waals surface area contributed by atoms with E-state index in [4.69, 9.17) is 0 Å². The van der Waals surface area contributed by atoms with E-state index in [1.807, 2.05) is 31.3 Å². The highest BCUT2D eigenvalue weighted by Crippen LogP contribution is 2.23. The first-order chi connectivity index (χ1) is 8.44. The third-order valence-corrected chi connectivity index (χ3v) is 3.47. The van der Waals surface area contributed by atoms with Gasteiger partial charge in [0, 0.05) is 28.9 Å². The maximum atomic E-state index is 4.49. The van der Waals surface area contributed by atoms with Gasteiger partial charge >= 0.3 is 0 Å². The summed E-state index contributed by atoms with van der Waals surface area (Å²) in [5.74, 6) is 0. The summed E-state index contributed by atoms with van der Waals surface area (Å²) in [6.07, 6.45) is 1.93. The van der Waals surface area contributed by atoms with E-state index in [9.17, 15) is 0 Å². The van der Waals surface area contributed by atoms with E-state index < -0.39 is 0 Å². The first kappa shape index (κ1) is 13.2. The topological polar surface area (TPSA) is 37.8 Å². The van der Waals surface area contributed by atoms with Crippen molar-refractivity contribution in [2.24, 2.45) is 0 Å². The molecule has 0 fully saturated rings. The average Bonchev–Trinajstić information content (AvgIpc) is 2.74. The average molecular weight is 261 g/mol. The third-order valence-electron chi connectivity index (χ3n) is 2.45. The van der Waals surface area contributed by atoms with Gasteiger partial charge in [-0.15, -0.1) is 11.3 Å². The van der Waals surface area contributed by atoms with Crippen LogP contribution in [0.3, 0.4) is 0 Å². The molecule has 0 aliphatic carbocycles. The molecule has 2 aromatic heterocycles. The Bertz CT molecular complexity index is 526. The van der Waals surface area contributed by atoms with Gasteiger partial charge in [-0.05, 0) is 39.8 Å². The van der Waals surface area contributed by atoms with Crippen molar-refractivity contribution in [1.29, 1.82) is 0 Å². The fourth-order valence-electron chi connectivity index (χ4n) is 1.52. The molecule has 0 spiro atoms. The molecule has 0 saturated heterocycles. The van der Waals surface area contributed by atoms with Gasteiger partial charge in [0.05, 0.1) is 5.69 Å². The number of hydrogen-bond acceptors (Lipinski definition) is 4. The molecule has 2 heterocycles. The standard InChI is InChI=1S/C14H19N3S/c1-10-6-5-7-12(17-10)13-15-8-11(18-13)9-16-14(2,3)4/h5-8,16H,9H2,1-4H3. The zero-order valence-corrected chi connectivity index (χ0v) is 12.1. The number of rotatable bonds is 3. The van der Waals surface area contributed by atoms with Crippen LogP contribution in [0.1, 0.15) is 31.3 Å². The summed E-state index contributed by atoms with van der Waals surface area (Å²) in [6.45, 7) is 9.34. The molecule has 0 unspecified atom stereocenters. The van der Waals surface area contributed by atoms with Gasteiger partial charge in [0.25, 0.3) is 0 Å². The van der Waals surface area contributed by atoms with Gasteiger partial charge in [0.1, 0.15) is 5.01 Å². The second-order valence-electron chi connectivity index (χ2n) is 5.40. The summed E-state index contributed by atoms with van der Waals surface area (Å²) in [4.78, 5) is 10.2. The molecule has 4 heteroatoms. The van der Waals surface area contributed by atoms with Gasteiger partial charge in [-0.25, -0.2) is 4.98 Å². The first-order valence-electron chi connectivity index (χ1n) is 6.08. The van der Waals surface area contributed by atoms with E-state index in [1.165, 1.54) is 4.88 Å². The van der Waals surface area contributed by atoms with Crippen molar-refractivity contribution in [2.75, 3.05) is 0 Å². The van der Waals surface area contributed by atoms with E-state index in [2.05, 4.69) is 36.1 Å². The Morgan fingerprint density at radius 1 is 1.28 bits per heavy atom. The summed E-state index contributed by atoms with van der Waals surface area (Å²) in [6, 6.07) is 6.03. The molecule has 0 amide bonds. The van der Waals surface area contributed by atoms with E-state index in [1.54, 1.807) is 11.3 Å². The molecule has 3 nitrogen and oxygen atoms in total. The highest BCUT2D eigenvalue weighted by Gasteiger charge is 2.11. The lowest BCUT2D eigenvalue weighted by Crippen LogP contribution is -2.34. The van der Waals surface area contributed by atoms with Crippen LogP contribution < -0.4 is 5.32 Å². The molecule has 0 aromatic carbocycles. The number of nitrogens with zero attached hydrogens (tertiary/aromatic N) is 2. The van der Waals surface area contributed by atoms with Crippen molar-refractivity contribution in [3.05, 3.63) is 35.0 Å². The lowest BCUT2D eigenvalue weighted by Gasteiger charge is -2.19. The van der Waals surface area contributed by atoms with Gasteiger partial charge in [0.2, 0.25) is 0 Å². The van der Waals surface area contributed by atoms with Gasteiger partial charge in [0.15, 0.2) is 0 Å². The monoisotopic (exact) mass is 261 g/mol. The maximum absolute atomic E-state index is 4.49. The Labute approximate surface area is 112 Å². The van der Waals surface area contributed by atoms with Crippen LogP contribution in [-0.2, 0) is 6.54 Å². The molecule has 0 aliphatic heterocycles. The van der Waals surface area contributed by atoms with E-state index in [-0.39, 0.29) is 5.54 Å². The van der Waals surface area contributed by atoms with Crippen LogP contribution in [-0.4, -0.2) is 15.5 Å². The molecule has 2 aromatic rings. The summed E-state index contributed by atoms with van der Waals surface area (Å²) < 4.78 is 0. The van der Waals surface area contributed by atoms with Crippen LogP contribution in [0.4, 0.5) is 0 Å².